The van der Waals surface area contributed by atoms with Gasteiger partial charge in [0, 0.05) is 24.6 Å². The van der Waals surface area contributed by atoms with Gasteiger partial charge in [-0.1, -0.05) is 12.1 Å². The summed E-state index contributed by atoms with van der Waals surface area (Å²) < 4.78 is 5.07. The number of carbonyl (C=O) groups excluding carboxylic acids is 1. The molecule has 5 heteroatoms. The highest BCUT2D eigenvalue weighted by Crippen LogP contribution is 2.13. The monoisotopic (exact) mass is 253 g/mol. The van der Waals surface area contributed by atoms with Crippen LogP contribution in [0, 0.1) is 13.8 Å². The number of amides is 1. The van der Waals surface area contributed by atoms with Crippen LogP contribution in [-0.2, 0) is 11.2 Å². The zero-order valence-electron chi connectivity index (χ0n) is 11.7. The number of rotatable bonds is 7. The van der Waals surface area contributed by atoms with E-state index in [1.807, 2.05) is 13.8 Å². The lowest BCUT2D eigenvalue weighted by Crippen LogP contribution is -2.38. The van der Waals surface area contributed by atoms with E-state index in [9.17, 15) is 4.79 Å². The molecule has 0 aliphatic carbocycles. The lowest BCUT2D eigenvalue weighted by Gasteiger charge is -2.13. The van der Waals surface area contributed by atoms with Crippen LogP contribution in [0.4, 0.5) is 0 Å². The minimum Gasteiger partial charge on any atom is -0.361 e. The predicted octanol–water partition coefficient (Wildman–Crippen LogP) is 1.34. The van der Waals surface area contributed by atoms with Gasteiger partial charge in [0.25, 0.3) is 0 Å². The third-order valence-electron chi connectivity index (χ3n) is 2.94. The van der Waals surface area contributed by atoms with Crippen molar-refractivity contribution in [1.29, 1.82) is 0 Å². The number of nitrogens with one attached hydrogen (secondary N) is 2. The van der Waals surface area contributed by atoms with Crippen LogP contribution in [0.3, 0.4) is 0 Å². The molecule has 0 aliphatic rings. The van der Waals surface area contributed by atoms with Gasteiger partial charge in [-0.3, -0.25) is 4.79 Å². The number of aryl methyl sites for hydroxylation is 2. The Labute approximate surface area is 108 Å². The van der Waals surface area contributed by atoms with E-state index in [0.717, 1.165) is 23.6 Å². The van der Waals surface area contributed by atoms with Gasteiger partial charge in [-0.05, 0) is 33.7 Å². The average molecular weight is 253 g/mol. The van der Waals surface area contributed by atoms with E-state index in [1.165, 1.54) is 0 Å². The van der Waals surface area contributed by atoms with Crippen molar-refractivity contribution < 1.29 is 9.32 Å². The van der Waals surface area contributed by atoms with Crippen LogP contribution < -0.4 is 10.6 Å². The summed E-state index contributed by atoms with van der Waals surface area (Å²) in [5.74, 6) is 0.876. The minimum atomic E-state index is 0.0692. The van der Waals surface area contributed by atoms with Gasteiger partial charge in [0.1, 0.15) is 5.76 Å². The molecule has 1 heterocycles. The van der Waals surface area contributed by atoms with Crippen LogP contribution in [0.1, 0.15) is 37.3 Å². The number of carbonyl (C=O) groups is 1. The van der Waals surface area contributed by atoms with E-state index in [1.54, 1.807) is 0 Å². The molecular weight excluding hydrogens is 230 g/mol. The highest BCUT2D eigenvalue weighted by Gasteiger charge is 2.11. The quantitative estimate of drug-likeness (QED) is 0.769. The van der Waals surface area contributed by atoms with Crippen LogP contribution >= 0.6 is 0 Å². The number of likely N-dealkylation sites (N-methyl/N-ethyl adjacent to an activating group) is 1. The zero-order chi connectivity index (χ0) is 13.5. The summed E-state index contributed by atoms with van der Waals surface area (Å²) in [6.45, 7) is 9.45. The molecule has 0 radical (unpaired) electrons. The smallest absolute Gasteiger partial charge is 0.220 e. The Morgan fingerprint density at radius 3 is 2.72 bits per heavy atom. The molecule has 102 valence electrons. The van der Waals surface area contributed by atoms with Gasteiger partial charge in [0.05, 0.1) is 5.69 Å². The molecule has 2 N–H and O–H groups in total. The lowest BCUT2D eigenvalue weighted by atomic mass is 10.1. The molecule has 0 saturated heterocycles. The molecular formula is C13H23N3O2. The average Bonchev–Trinajstić information content (AvgIpc) is 2.64. The molecule has 0 unspecified atom stereocenters. The van der Waals surface area contributed by atoms with E-state index in [0.29, 0.717) is 25.4 Å². The third-order valence-corrected chi connectivity index (χ3v) is 2.94. The van der Waals surface area contributed by atoms with Gasteiger partial charge in [-0.2, -0.15) is 0 Å². The van der Waals surface area contributed by atoms with Crippen molar-refractivity contribution in [2.24, 2.45) is 0 Å². The first kappa shape index (κ1) is 14.7. The first-order chi connectivity index (χ1) is 8.54. The second-order valence-corrected chi connectivity index (χ2v) is 4.57. The van der Waals surface area contributed by atoms with Gasteiger partial charge in [-0.25, -0.2) is 0 Å². The Hall–Kier alpha value is -1.36. The van der Waals surface area contributed by atoms with Crippen LogP contribution in [0.15, 0.2) is 4.52 Å². The van der Waals surface area contributed by atoms with E-state index < -0.39 is 0 Å². The summed E-state index contributed by atoms with van der Waals surface area (Å²) in [6.07, 6.45) is 1.16. The van der Waals surface area contributed by atoms with Crippen LogP contribution in [0.25, 0.3) is 0 Å². The molecule has 1 atom stereocenters. The number of hydrogen-bond acceptors (Lipinski definition) is 4. The van der Waals surface area contributed by atoms with Crippen LogP contribution in [0.5, 0.6) is 0 Å². The largest absolute Gasteiger partial charge is 0.361 e. The summed E-state index contributed by atoms with van der Waals surface area (Å²) in [6, 6.07) is 0.304. The van der Waals surface area contributed by atoms with E-state index in [-0.39, 0.29) is 5.91 Å². The number of nitrogens with zero attached hydrogens (tertiary/aromatic N) is 1. The minimum absolute atomic E-state index is 0.0692. The Balaban J connectivity index is 2.29. The van der Waals surface area contributed by atoms with Gasteiger partial charge >= 0.3 is 0 Å². The topological polar surface area (TPSA) is 67.2 Å². The first-order valence-corrected chi connectivity index (χ1v) is 6.46. The van der Waals surface area contributed by atoms with Crippen molar-refractivity contribution in [3.05, 3.63) is 17.0 Å². The van der Waals surface area contributed by atoms with Gasteiger partial charge < -0.3 is 15.2 Å². The summed E-state index contributed by atoms with van der Waals surface area (Å²) in [5, 5.41) is 10.0. The molecule has 0 bridgehead atoms. The molecule has 0 fully saturated rings. The maximum atomic E-state index is 11.7. The maximum absolute atomic E-state index is 11.7. The Bertz CT molecular complexity index is 368. The molecule has 5 nitrogen and oxygen atoms in total. The van der Waals surface area contributed by atoms with Gasteiger partial charge in [0.15, 0.2) is 0 Å². The van der Waals surface area contributed by atoms with Crippen molar-refractivity contribution >= 4 is 5.91 Å². The SMILES string of the molecule is CCN[C@H](C)CNC(=O)CCc1c(C)noc1C. The highest BCUT2D eigenvalue weighted by molar-refractivity contribution is 5.76. The highest BCUT2D eigenvalue weighted by atomic mass is 16.5. The summed E-state index contributed by atoms with van der Waals surface area (Å²) in [4.78, 5) is 11.7. The van der Waals surface area contributed by atoms with Crippen molar-refractivity contribution in [3.63, 3.8) is 0 Å². The fraction of sp³-hybridized carbons (Fsp3) is 0.692. The van der Waals surface area contributed by atoms with Crippen molar-refractivity contribution in [2.75, 3.05) is 13.1 Å². The summed E-state index contributed by atoms with van der Waals surface area (Å²) in [5.41, 5.74) is 1.92. The van der Waals surface area contributed by atoms with Crippen molar-refractivity contribution in [2.45, 2.75) is 46.6 Å². The fourth-order valence-corrected chi connectivity index (χ4v) is 1.87. The van der Waals surface area contributed by atoms with Crippen molar-refractivity contribution in [1.82, 2.24) is 15.8 Å². The van der Waals surface area contributed by atoms with E-state index in [2.05, 4.69) is 29.6 Å². The first-order valence-electron chi connectivity index (χ1n) is 6.46. The molecule has 1 aromatic heterocycles. The molecule has 1 amide bonds. The van der Waals surface area contributed by atoms with Crippen LogP contribution in [-0.4, -0.2) is 30.2 Å². The standard InChI is InChI=1S/C13H23N3O2/c1-5-14-9(2)8-15-13(17)7-6-12-10(3)16-18-11(12)4/h9,14H,5-8H2,1-4H3,(H,15,17)/t9-/m1/s1. The molecule has 1 rings (SSSR count). The van der Waals surface area contributed by atoms with Crippen molar-refractivity contribution in [3.8, 4) is 0 Å². The number of hydrogen-bond donors (Lipinski definition) is 2. The molecule has 0 saturated carbocycles. The molecule has 1 aromatic rings. The molecule has 0 spiro atoms. The fourth-order valence-electron chi connectivity index (χ4n) is 1.87. The molecule has 0 aromatic carbocycles. The molecule has 18 heavy (non-hydrogen) atoms. The summed E-state index contributed by atoms with van der Waals surface area (Å²) in [7, 11) is 0. The zero-order valence-corrected chi connectivity index (χ0v) is 11.7. The van der Waals surface area contributed by atoms with E-state index in [4.69, 9.17) is 4.52 Å². The van der Waals surface area contributed by atoms with Gasteiger partial charge in [0.2, 0.25) is 5.91 Å². The third kappa shape index (κ3) is 4.49. The predicted molar refractivity (Wildman–Crippen MR) is 70.4 cm³/mol. The Morgan fingerprint density at radius 1 is 1.44 bits per heavy atom. The van der Waals surface area contributed by atoms with Gasteiger partial charge in [-0.15, -0.1) is 0 Å². The second-order valence-electron chi connectivity index (χ2n) is 4.57. The maximum Gasteiger partial charge on any atom is 0.220 e. The van der Waals surface area contributed by atoms with Crippen LogP contribution in [0.2, 0.25) is 0 Å². The summed E-state index contributed by atoms with van der Waals surface area (Å²) >= 11 is 0. The Kier molecular flexibility index (Phi) is 5.85. The number of aromatic nitrogens is 1. The Morgan fingerprint density at radius 2 is 2.17 bits per heavy atom. The van der Waals surface area contributed by atoms with E-state index >= 15 is 0 Å². The lowest BCUT2D eigenvalue weighted by molar-refractivity contribution is -0.121. The normalized spacial score (nSPS) is 12.4. The molecule has 0 aliphatic heterocycles. The second kappa shape index (κ2) is 7.16.